The number of benzene rings is 1. The molecular weight excluding hydrogens is 306 g/mol. The molecule has 0 radical (unpaired) electrons. The summed E-state index contributed by atoms with van der Waals surface area (Å²) in [5.41, 5.74) is 2.96. The Morgan fingerprint density at radius 1 is 1.33 bits per heavy atom. The second-order valence-electron chi connectivity index (χ2n) is 5.93. The summed E-state index contributed by atoms with van der Waals surface area (Å²) in [7, 11) is 1.56. The zero-order valence-corrected chi connectivity index (χ0v) is 14.2. The number of nitrogens with zero attached hydrogens (tertiary/aromatic N) is 4. The predicted octanol–water partition coefficient (Wildman–Crippen LogP) is 2.30. The van der Waals surface area contributed by atoms with Gasteiger partial charge in [-0.25, -0.2) is 9.99 Å². The van der Waals surface area contributed by atoms with E-state index in [1.165, 1.54) is 5.01 Å². The Labute approximate surface area is 140 Å². The molecule has 0 aliphatic carbocycles. The monoisotopic (exact) mass is 327 g/mol. The van der Waals surface area contributed by atoms with Crippen LogP contribution in [0.4, 0.5) is 5.69 Å². The SMILES string of the molecule is CCCn1c(C)nc2cc(NC(=O)C3=NN(C)C(=O)CC3)ccc21. The van der Waals surface area contributed by atoms with Crippen molar-refractivity contribution in [2.24, 2.45) is 5.10 Å². The summed E-state index contributed by atoms with van der Waals surface area (Å²) in [4.78, 5) is 28.3. The van der Waals surface area contributed by atoms with Gasteiger partial charge in [-0.05, 0) is 31.5 Å². The van der Waals surface area contributed by atoms with Crippen LogP contribution in [0, 0.1) is 6.92 Å². The second-order valence-corrected chi connectivity index (χ2v) is 5.93. The first kappa shape index (κ1) is 16.2. The van der Waals surface area contributed by atoms with Gasteiger partial charge < -0.3 is 9.88 Å². The number of hydrogen-bond donors (Lipinski definition) is 1. The molecule has 1 aliphatic heterocycles. The first-order valence-corrected chi connectivity index (χ1v) is 8.12. The van der Waals surface area contributed by atoms with E-state index < -0.39 is 0 Å². The van der Waals surface area contributed by atoms with Gasteiger partial charge in [-0.3, -0.25) is 9.59 Å². The van der Waals surface area contributed by atoms with E-state index in [0.717, 1.165) is 29.8 Å². The molecule has 1 aromatic heterocycles. The van der Waals surface area contributed by atoms with Crippen LogP contribution in [0.2, 0.25) is 0 Å². The smallest absolute Gasteiger partial charge is 0.271 e. The van der Waals surface area contributed by atoms with Gasteiger partial charge in [-0.15, -0.1) is 0 Å². The van der Waals surface area contributed by atoms with Crippen LogP contribution >= 0.6 is 0 Å². The highest BCUT2D eigenvalue weighted by molar-refractivity contribution is 6.43. The fraction of sp³-hybridized carbons (Fsp3) is 0.412. The maximum Gasteiger partial charge on any atom is 0.271 e. The Bertz CT molecular complexity index is 837. The van der Waals surface area contributed by atoms with E-state index in [-0.39, 0.29) is 11.8 Å². The van der Waals surface area contributed by atoms with Crippen LogP contribution < -0.4 is 5.32 Å². The summed E-state index contributed by atoms with van der Waals surface area (Å²) in [6.45, 7) is 5.04. The molecule has 0 atom stereocenters. The van der Waals surface area contributed by atoms with E-state index in [1.807, 2.05) is 25.1 Å². The molecule has 0 unspecified atom stereocenters. The van der Waals surface area contributed by atoms with Crippen molar-refractivity contribution < 1.29 is 9.59 Å². The number of rotatable bonds is 4. The van der Waals surface area contributed by atoms with Crippen molar-refractivity contribution in [3.05, 3.63) is 24.0 Å². The molecule has 1 aliphatic rings. The topological polar surface area (TPSA) is 79.6 Å². The van der Waals surface area contributed by atoms with E-state index in [9.17, 15) is 9.59 Å². The third kappa shape index (κ3) is 3.02. The van der Waals surface area contributed by atoms with Gasteiger partial charge in [-0.1, -0.05) is 6.92 Å². The highest BCUT2D eigenvalue weighted by atomic mass is 16.2. The number of hydrogen-bond acceptors (Lipinski definition) is 4. The van der Waals surface area contributed by atoms with Crippen LogP contribution in [0.5, 0.6) is 0 Å². The van der Waals surface area contributed by atoms with Crippen molar-refractivity contribution in [3.63, 3.8) is 0 Å². The zero-order chi connectivity index (χ0) is 17.3. The fourth-order valence-electron chi connectivity index (χ4n) is 2.87. The van der Waals surface area contributed by atoms with E-state index in [0.29, 0.717) is 24.2 Å². The number of fused-ring (bicyclic) bond motifs is 1. The third-order valence-corrected chi connectivity index (χ3v) is 4.11. The quantitative estimate of drug-likeness (QED) is 0.936. The van der Waals surface area contributed by atoms with Gasteiger partial charge in [-0.2, -0.15) is 5.10 Å². The first-order chi connectivity index (χ1) is 11.5. The van der Waals surface area contributed by atoms with Gasteiger partial charge in [0.15, 0.2) is 0 Å². The molecule has 0 bridgehead atoms. The minimum Gasteiger partial charge on any atom is -0.328 e. The number of anilines is 1. The summed E-state index contributed by atoms with van der Waals surface area (Å²) in [6, 6.07) is 5.70. The Morgan fingerprint density at radius 2 is 2.12 bits per heavy atom. The lowest BCUT2D eigenvalue weighted by Gasteiger charge is -2.18. The molecule has 7 nitrogen and oxygen atoms in total. The normalized spacial score (nSPS) is 14.9. The molecular formula is C17H21N5O2. The maximum absolute atomic E-state index is 12.3. The third-order valence-electron chi connectivity index (χ3n) is 4.11. The fourth-order valence-corrected chi connectivity index (χ4v) is 2.87. The summed E-state index contributed by atoms with van der Waals surface area (Å²) in [5, 5.41) is 8.10. The van der Waals surface area contributed by atoms with Crippen molar-refractivity contribution in [2.45, 2.75) is 39.7 Å². The number of aromatic nitrogens is 2. The number of imidazole rings is 1. The second kappa shape index (κ2) is 6.43. The van der Waals surface area contributed by atoms with Crippen LogP contribution in [0.15, 0.2) is 23.3 Å². The van der Waals surface area contributed by atoms with E-state index in [2.05, 4.69) is 26.9 Å². The minimum absolute atomic E-state index is 0.0788. The molecule has 0 saturated carbocycles. The lowest BCUT2D eigenvalue weighted by Crippen LogP contribution is -2.34. The lowest BCUT2D eigenvalue weighted by molar-refractivity contribution is -0.130. The Morgan fingerprint density at radius 3 is 2.83 bits per heavy atom. The van der Waals surface area contributed by atoms with Crippen LogP contribution in [-0.2, 0) is 16.1 Å². The first-order valence-electron chi connectivity index (χ1n) is 8.12. The Kier molecular flexibility index (Phi) is 4.33. The highest BCUT2D eigenvalue weighted by Gasteiger charge is 2.22. The van der Waals surface area contributed by atoms with E-state index in [4.69, 9.17) is 0 Å². The molecule has 0 saturated heterocycles. The average molecular weight is 327 g/mol. The molecule has 0 spiro atoms. The van der Waals surface area contributed by atoms with Crippen LogP contribution in [0.25, 0.3) is 11.0 Å². The number of carbonyl (C=O) groups excluding carboxylic acids is 2. The van der Waals surface area contributed by atoms with Crippen molar-refractivity contribution in [3.8, 4) is 0 Å². The van der Waals surface area contributed by atoms with Gasteiger partial charge in [0.1, 0.15) is 11.5 Å². The number of aryl methyl sites for hydroxylation is 2. The molecule has 0 fully saturated rings. The molecule has 126 valence electrons. The van der Waals surface area contributed by atoms with Crippen molar-refractivity contribution in [1.29, 1.82) is 0 Å². The molecule has 24 heavy (non-hydrogen) atoms. The zero-order valence-electron chi connectivity index (χ0n) is 14.2. The van der Waals surface area contributed by atoms with E-state index in [1.54, 1.807) is 7.05 Å². The summed E-state index contributed by atoms with van der Waals surface area (Å²) in [5.74, 6) is 0.607. The standard InChI is InChI=1S/C17H21N5O2/c1-4-9-22-11(2)18-14-10-12(5-7-15(14)22)19-17(24)13-6-8-16(23)21(3)20-13/h5,7,10H,4,6,8-9H2,1-3H3,(H,19,24). The van der Waals surface area contributed by atoms with Crippen LogP contribution in [-0.4, -0.2) is 39.1 Å². The van der Waals surface area contributed by atoms with E-state index >= 15 is 0 Å². The molecule has 2 aromatic rings. The summed E-state index contributed by atoms with van der Waals surface area (Å²) < 4.78 is 2.17. The molecule has 7 heteroatoms. The molecule has 2 amide bonds. The van der Waals surface area contributed by atoms with Gasteiger partial charge in [0.25, 0.3) is 5.91 Å². The van der Waals surface area contributed by atoms with Crippen LogP contribution in [0.1, 0.15) is 32.0 Å². The minimum atomic E-state index is -0.279. The number of amides is 2. The number of nitrogens with one attached hydrogen (secondary N) is 1. The Hall–Kier alpha value is -2.70. The maximum atomic E-state index is 12.3. The summed E-state index contributed by atoms with van der Waals surface area (Å²) in [6.07, 6.45) is 1.71. The number of hydrazone groups is 1. The van der Waals surface area contributed by atoms with Crippen molar-refractivity contribution in [1.82, 2.24) is 14.6 Å². The van der Waals surface area contributed by atoms with Crippen LogP contribution in [0.3, 0.4) is 0 Å². The Balaban J connectivity index is 1.82. The van der Waals surface area contributed by atoms with Crippen molar-refractivity contribution in [2.75, 3.05) is 12.4 Å². The molecule has 1 N–H and O–H groups in total. The highest BCUT2D eigenvalue weighted by Crippen LogP contribution is 2.21. The van der Waals surface area contributed by atoms with Crippen molar-refractivity contribution >= 4 is 34.2 Å². The van der Waals surface area contributed by atoms with Gasteiger partial charge >= 0.3 is 0 Å². The number of carbonyl (C=O) groups is 2. The predicted molar refractivity (Wildman–Crippen MR) is 92.8 cm³/mol. The molecule has 1 aromatic carbocycles. The van der Waals surface area contributed by atoms with Gasteiger partial charge in [0.05, 0.1) is 11.0 Å². The summed E-state index contributed by atoms with van der Waals surface area (Å²) >= 11 is 0. The lowest BCUT2D eigenvalue weighted by atomic mass is 10.1. The van der Waals surface area contributed by atoms with Gasteiger partial charge in [0, 0.05) is 32.1 Å². The molecule has 2 heterocycles. The van der Waals surface area contributed by atoms with Gasteiger partial charge in [0.2, 0.25) is 5.91 Å². The largest absolute Gasteiger partial charge is 0.328 e. The average Bonchev–Trinajstić information content (AvgIpc) is 2.85. The molecule has 3 rings (SSSR count).